The molecule has 0 saturated carbocycles. The Kier molecular flexibility index (Phi) is 4.81. The quantitative estimate of drug-likeness (QED) is 0.841. The lowest BCUT2D eigenvalue weighted by atomic mass is 9.96. The Hall–Kier alpha value is -0.830. The molecule has 18 heavy (non-hydrogen) atoms. The summed E-state index contributed by atoms with van der Waals surface area (Å²) in [7, 11) is 0. The zero-order valence-corrected chi connectivity index (χ0v) is 11.7. The van der Waals surface area contributed by atoms with Gasteiger partial charge in [0.1, 0.15) is 0 Å². The number of nitrogens with one attached hydrogen (secondary N) is 1. The van der Waals surface area contributed by atoms with Crippen molar-refractivity contribution in [1.82, 2.24) is 10.2 Å². The summed E-state index contributed by atoms with van der Waals surface area (Å²) in [6.45, 7) is 10.3. The maximum atomic E-state index is 6.40. The molecule has 3 heteroatoms. The lowest BCUT2D eigenvalue weighted by Crippen LogP contribution is -2.45. The number of halogens is 1. The molecule has 0 bridgehead atoms. The highest BCUT2D eigenvalue weighted by Crippen LogP contribution is 2.33. The predicted molar refractivity (Wildman–Crippen MR) is 78.2 cm³/mol. The van der Waals surface area contributed by atoms with Crippen molar-refractivity contribution >= 4 is 11.6 Å². The van der Waals surface area contributed by atoms with Gasteiger partial charge in [0.25, 0.3) is 0 Å². The van der Waals surface area contributed by atoms with E-state index in [9.17, 15) is 0 Å². The summed E-state index contributed by atoms with van der Waals surface area (Å²) >= 11 is 6.40. The van der Waals surface area contributed by atoms with Crippen LogP contribution in [0.1, 0.15) is 23.6 Å². The van der Waals surface area contributed by atoms with Gasteiger partial charge in [-0.25, -0.2) is 0 Å². The number of piperazine rings is 1. The van der Waals surface area contributed by atoms with Gasteiger partial charge in [0.05, 0.1) is 0 Å². The van der Waals surface area contributed by atoms with E-state index in [1.807, 2.05) is 18.2 Å². The first-order valence-corrected chi connectivity index (χ1v) is 6.92. The molecule has 98 valence electrons. The fourth-order valence-electron chi connectivity index (χ4n) is 2.67. The highest BCUT2D eigenvalue weighted by molar-refractivity contribution is 6.31. The minimum Gasteiger partial charge on any atom is -0.314 e. The summed E-state index contributed by atoms with van der Waals surface area (Å²) in [6, 6.07) is 6.50. The molecular formula is C15H21ClN2. The second kappa shape index (κ2) is 6.37. The van der Waals surface area contributed by atoms with E-state index in [-0.39, 0.29) is 0 Å². The molecule has 1 N–H and O–H groups in total. The number of hydrogen-bond donors (Lipinski definition) is 1. The van der Waals surface area contributed by atoms with Gasteiger partial charge in [-0.05, 0) is 30.5 Å². The summed E-state index contributed by atoms with van der Waals surface area (Å²) < 4.78 is 0. The van der Waals surface area contributed by atoms with E-state index >= 15 is 0 Å². The molecule has 0 unspecified atom stereocenters. The first kappa shape index (κ1) is 13.6. The monoisotopic (exact) mass is 264 g/mol. The first-order chi connectivity index (χ1) is 8.74. The van der Waals surface area contributed by atoms with Crippen LogP contribution in [0.4, 0.5) is 0 Å². The van der Waals surface area contributed by atoms with Gasteiger partial charge in [0, 0.05) is 37.2 Å². The molecule has 0 aromatic heterocycles. The zero-order chi connectivity index (χ0) is 13.0. The lowest BCUT2D eigenvalue weighted by Gasteiger charge is -2.36. The van der Waals surface area contributed by atoms with E-state index in [2.05, 4.69) is 29.8 Å². The molecule has 0 radical (unpaired) electrons. The van der Waals surface area contributed by atoms with E-state index in [4.69, 9.17) is 11.6 Å². The Labute approximate surface area is 115 Å². The van der Waals surface area contributed by atoms with E-state index in [1.54, 1.807) is 0 Å². The van der Waals surface area contributed by atoms with Crippen LogP contribution in [0.25, 0.3) is 0 Å². The van der Waals surface area contributed by atoms with Gasteiger partial charge in [0.15, 0.2) is 0 Å². The summed E-state index contributed by atoms with van der Waals surface area (Å²) in [4.78, 5) is 2.51. The molecule has 1 aliphatic rings. The van der Waals surface area contributed by atoms with Crippen molar-refractivity contribution in [3.63, 3.8) is 0 Å². The van der Waals surface area contributed by atoms with Crippen molar-refractivity contribution in [2.75, 3.05) is 26.2 Å². The Balaban J connectivity index is 2.30. The van der Waals surface area contributed by atoms with Crippen LogP contribution >= 0.6 is 11.6 Å². The van der Waals surface area contributed by atoms with E-state index in [1.165, 1.54) is 11.1 Å². The molecule has 1 fully saturated rings. The summed E-state index contributed by atoms with van der Waals surface area (Å²) in [5, 5.41) is 4.27. The van der Waals surface area contributed by atoms with Crippen LogP contribution in [0.2, 0.25) is 5.02 Å². The Morgan fingerprint density at radius 1 is 1.44 bits per heavy atom. The average molecular weight is 265 g/mol. The van der Waals surface area contributed by atoms with Crippen LogP contribution in [0.5, 0.6) is 0 Å². The summed E-state index contributed by atoms with van der Waals surface area (Å²) in [5.41, 5.74) is 2.54. The van der Waals surface area contributed by atoms with Gasteiger partial charge in [-0.1, -0.05) is 29.8 Å². The fourth-order valence-corrected chi connectivity index (χ4v) is 3.02. The Bertz CT molecular complexity index is 391. The van der Waals surface area contributed by atoms with Gasteiger partial charge in [-0.3, -0.25) is 4.90 Å². The number of aryl methyl sites for hydroxylation is 1. The summed E-state index contributed by atoms with van der Waals surface area (Å²) in [5.74, 6) is 0. The predicted octanol–water partition coefficient (Wildman–Crippen LogP) is 3.17. The normalized spacial score (nSPS) is 18.6. The minimum absolute atomic E-state index is 0.360. The van der Waals surface area contributed by atoms with Crippen LogP contribution in [-0.4, -0.2) is 31.1 Å². The van der Waals surface area contributed by atoms with E-state index < -0.39 is 0 Å². The topological polar surface area (TPSA) is 15.3 Å². The SMILES string of the molecule is C=CC[C@H](c1c(C)cccc1Cl)N1CCNCC1. The van der Waals surface area contributed by atoms with Crippen LogP contribution in [-0.2, 0) is 0 Å². The average Bonchev–Trinajstić information content (AvgIpc) is 2.38. The second-order valence-corrected chi connectivity index (χ2v) is 5.20. The van der Waals surface area contributed by atoms with E-state index in [0.717, 1.165) is 37.6 Å². The standard InChI is InChI=1S/C15H21ClN2/c1-3-5-14(18-10-8-17-9-11-18)15-12(2)6-4-7-13(15)16/h3-4,6-7,14,17H,1,5,8-11H2,2H3/t14-/m1/s1. The van der Waals surface area contributed by atoms with Crippen molar-refractivity contribution in [1.29, 1.82) is 0 Å². The van der Waals surface area contributed by atoms with Crippen molar-refractivity contribution in [2.45, 2.75) is 19.4 Å². The van der Waals surface area contributed by atoms with Gasteiger partial charge in [0.2, 0.25) is 0 Å². The Morgan fingerprint density at radius 2 is 2.17 bits per heavy atom. The smallest absolute Gasteiger partial charge is 0.0456 e. The molecular weight excluding hydrogens is 244 g/mol. The highest BCUT2D eigenvalue weighted by Gasteiger charge is 2.24. The molecule has 2 nitrogen and oxygen atoms in total. The van der Waals surface area contributed by atoms with Crippen LogP contribution in [0.3, 0.4) is 0 Å². The van der Waals surface area contributed by atoms with Crippen molar-refractivity contribution in [3.8, 4) is 0 Å². The largest absolute Gasteiger partial charge is 0.314 e. The van der Waals surface area contributed by atoms with E-state index in [0.29, 0.717) is 6.04 Å². The van der Waals surface area contributed by atoms with Gasteiger partial charge < -0.3 is 5.32 Å². The van der Waals surface area contributed by atoms with Gasteiger partial charge in [-0.2, -0.15) is 0 Å². The maximum Gasteiger partial charge on any atom is 0.0456 e. The van der Waals surface area contributed by atoms with Gasteiger partial charge >= 0.3 is 0 Å². The molecule has 1 aromatic carbocycles. The molecule has 0 amide bonds. The van der Waals surface area contributed by atoms with Gasteiger partial charge in [-0.15, -0.1) is 6.58 Å². The molecule has 2 rings (SSSR count). The van der Waals surface area contributed by atoms with Crippen LogP contribution < -0.4 is 5.32 Å². The minimum atomic E-state index is 0.360. The molecule has 1 saturated heterocycles. The molecule has 1 aliphatic heterocycles. The number of hydrogen-bond acceptors (Lipinski definition) is 2. The van der Waals surface area contributed by atoms with Crippen molar-refractivity contribution in [2.24, 2.45) is 0 Å². The number of benzene rings is 1. The molecule has 1 heterocycles. The first-order valence-electron chi connectivity index (χ1n) is 6.54. The lowest BCUT2D eigenvalue weighted by molar-refractivity contribution is 0.174. The zero-order valence-electron chi connectivity index (χ0n) is 11.0. The number of rotatable bonds is 4. The van der Waals surface area contributed by atoms with Crippen LogP contribution in [0.15, 0.2) is 30.9 Å². The van der Waals surface area contributed by atoms with Crippen molar-refractivity contribution in [3.05, 3.63) is 47.0 Å². The fraction of sp³-hybridized carbons (Fsp3) is 0.467. The number of nitrogens with zero attached hydrogens (tertiary/aromatic N) is 1. The summed E-state index contributed by atoms with van der Waals surface area (Å²) in [6.07, 6.45) is 2.94. The Morgan fingerprint density at radius 3 is 2.78 bits per heavy atom. The molecule has 0 aliphatic carbocycles. The molecule has 1 atom stereocenters. The third kappa shape index (κ3) is 2.94. The second-order valence-electron chi connectivity index (χ2n) is 4.80. The molecule has 1 aromatic rings. The highest BCUT2D eigenvalue weighted by atomic mass is 35.5. The third-order valence-corrected chi connectivity index (χ3v) is 3.92. The van der Waals surface area contributed by atoms with Crippen LogP contribution in [0, 0.1) is 6.92 Å². The maximum absolute atomic E-state index is 6.40. The molecule has 0 spiro atoms. The van der Waals surface area contributed by atoms with Crippen molar-refractivity contribution < 1.29 is 0 Å². The third-order valence-electron chi connectivity index (χ3n) is 3.59.